The molecule has 0 amide bonds. The topological polar surface area (TPSA) is 69.6 Å². The van der Waals surface area contributed by atoms with Gasteiger partial charge in [-0.05, 0) is 31.2 Å². The zero-order valence-corrected chi connectivity index (χ0v) is 9.18. The second kappa shape index (κ2) is 4.19. The number of anilines is 1. The van der Waals surface area contributed by atoms with E-state index in [0.717, 1.165) is 5.69 Å². The second-order valence-corrected chi connectivity index (χ2v) is 4.99. The number of nitrogens with one attached hydrogen (secondary N) is 1. The number of hydrogen-bond donors (Lipinski definition) is 3. The fourth-order valence-corrected chi connectivity index (χ4v) is 1.60. The zero-order chi connectivity index (χ0) is 10.8. The first-order valence-electron chi connectivity index (χ1n) is 3.83. The summed E-state index contributed by atoms with van der Waals surface area (Å²) in [7, 11) is -4.13. The molecule has 1 aromatic carbocycles. The van der Waals surface area contributed by atoms with Crippen LogP contribution in [-0.4, -0.2) is 14.8 Å². The highest BCUT2D eigenvalue weighted by atomic mass is 32.1. The van der Waals surface area contributed by atoms with E-state index < -0.39 is 7.60 Å². The fourth-order valence-electron chi connectivity index (χ4n) is 0.942. The van der Waals surface area contributed by atoms with Crippen LogP contribution in [0.2, 0.25) is 0 Å². The van der Waals surface area contributed by atoms with Crippen LogP contribution < -0.4 is 10.6 Å². The van der Waals surface area contributed by atoms with E-state index in [1.807, 2.05) is 0 Å². The molecule has 0 spiro atoms. The smallest absolute Gasteiger partial charge is 0.350 e. The summed E-state index contributed by atoms with van der Waals surface area (Å²) in [5.41, 5.74) is 0.717. The van der Waals surface area contributed by atoms with Gasteiger partial charge in [0.05, 0.1) is 10.3 Å². The summed E-state index contributed by atoms with van der Waals surface area (Å²) < 4.78 is 10.8. The van der Waals surface area contributed by atoms with E-state index >= 15 is 0 Å². The molecule has 0 heterocycles. The van der Waals surface area contributed by atoms with Gasteiger partial charge in [0.15, 0.2) is 0 Å². The largest absolute Gasteiger partial charge is 0.356 e. The van der Waals surface area contributed by atoms with Crippen LogP contribution in [0.25, 0.3) is 0 Å². The zero-order valence-electron chi connectivity index (χ0n) is 7.47. The van der Waals surface area contributed by atoms with Gasteiger partial charge in [0, 0.05) is 5.69 Å². The van der Waals surface area contributed by atoms with Gasteiger partial charge in [-0.25, -0.2) is 0 Å². The van der Waals surface area contributed by atoms with Crippen molar-refractivity contribution in [2.75, 3.05) is 5.32 Å². The molecule has 0 bridgehead atoms. The summed E-state index contributed by atoms with van der Waals surface area (Å²) in [4.78, 5) is 18.3. The molecule has 6 heteroatoms. The van der Waals surface area contributed by atoms with Crippen molar-refractivity contribution in [3.63, 3.8) is 0 Å². The van der Waals surface area contributed by atoms with Gasteiger partial charge in [0.1, 0.15) is 0 Å². The van der Waals surface area contributed by atoms with Crippen molar-refractivity contribution in [3.8, 4) is 0 Å². The normalized spacial score (nSPS) is 11.1. The molecule has 0 aliphatic carbocycles. The monoisotopic (exact) mass is 231 g/mol. The van der Waals surface area contributed by atoms with E-state index in [9.17, 15) is 4.57 Å². The second-order valence-electron chi connectivity index (χ2n) is 2.77. The van der Waals surface area contributed by atoms with Crippen LogP contribution in [0.3, 0.4) is 0 Å². The molecule has 14 heavy (non-hydrogen) atoms. The third-order valence-electron chi connectivity index (χ3n) is 1.52. The van der Waals surface area contributed by atoms with Crippen LogP contribution in [0.15, 0.2) is 24.3 Å². The van der Waals surface area contributed by atoms with Crippen LogP contribution in [-0.2, 0) is 4.57 Å². The van der Waals surface area contributed by atoms with Crippen molar-refractivity contribution in [2.24, 2.45) is 0 Å². The molecule has 76 valence electrons. The van der Waals surface area contributed by atoms with Gasteiger partial charge in [0.25, 0.3) is 0 Å². The minimum atomic E-state index is -4.13. The summed E-state index contributed by atoms with van der Waals surface area (Å²) in [5, 5.41) is 2.87. The molecule has 1 rings (SSSR count). The van der Waals surface area contributed by atoms with Gasteiger partial charge >= 0.3 is 7.60 Å². The van der Waals surface area contributed by atoms with E-state index in [-0.39, 0.29) is 5.30 Å². The molecule has 0 saturated carbocycles. The highest BCUT2D eigenvalue weighted by Crippen LogP contribution is 2.33. The molecule has 0 aliphatic heterocycles. The summed E-state index contributed by atoms with van der Waals surface area (Å²) in [6.45, 7) is 1.73. The Labute approximate surface area is 87.1 Å². The molecule has 0 fully saturated rings. The quantitative estimate of drug-likeness (QED) is 0.528. The minimum Gasteiger partial charge on any atom is -0.350 e. The highest BCUT2D eigenvalue weighted by Gasteiger charge is 2.15. The third-order valence-corrected chi connectivity index (χ3v) is 2.60. The first-order valence-corrected chi connectivity index (χ1v) is 5.85. The predicted molar refractivity (Wildman–Crippen MR) is 60.0 cm³/mol. The molecule has 4 nitrogen and oxygen atoms in total. The Bertz CT molecular complexity index is 384. The van der Waals surface area contributed by atoms with Crippen LogP contribution in [0.1, 0.15) is 6.92 Å². The Balaban J connectivity index is 2.89. The average Bonchev–Trinajstić information content (AvgIpc) is 2.02. The van der Waals surface area contributed by atoms with Crippen molar-refractivity contribution < 1.29 is 14.4 Å². The molecular formula is C8H10NO3PS. The van der Waals surface area contributed by atoms with Crippen molar-refractivity contribution in [2.45, 2.75) is 6.92 Å². The number of thiocarbonyl (C=S) groups is 1. The molecule has 0 aliphatic rings. The third kappa shape index (κ3) is 3.20. The van der Waals surface area contributed by atoms with Gasteiger partial charge in [-0.3, -0.25) is 4.57 Å². The number of benzene rings is 1. The van der Waals surface area contributed by atoms with E-state index in [0.29, 0.717) is 4.99 Å². The van der Waals surface area contributed by atoms with Gasteiger partial charge < -0.3 is 15.1 Å². The van der Waals surface area contributed by atoms with Crippen LogP contribution in [0.5, 0.6) is 0 Å². The van der Waals surface area contributed by atoms with E-state index in [1.165, 1.54) is 12.1 Å². The Morgan fingerprint density at radius 1 is 1.36 bits per heavy atom. The summed E-state index contributed by atoms with van der Waals surface area (Å²) in [6.07, 6.45) is 0. The lowest BCUT2D eigenvalue weighted by Crippen LogP contribution is -2.06. The molecule has 0 unspecified atom stereocenters. The molecular weight excluding hydrogens is 221 g/mol. The van der Waals surface area contributed by atoms with Crippen molar-refractivity contribution >= 4 is 35.8 Å². The van der Waals surface area contributed by atoms with Crippen LogP contribution in [0, 0.1) is 0 Å². The van der Waals surface area contributed by atoms with Crippen LogP contribution in [0.4, 0.5) is 5.69 Å². The summed E-state index contributed by atoms with van der Waals surface area (Å²) >= 11 is 4.82. The maximum absolute atomic E-state index is 10.8. The van der Waals surface area contributed by atoms with E-state index in [2.05, 4.69) is 5.32 Å². The van der Waals surface area contributed by atoms with Crippen LogP contribution >= 0.6 is 19.8 Å². The van der Waals surface area contributed by atoms with Gasteiger partial charge in [-0.1, -0.05) is 12.2 Å². The molecule has 0 radical (unpaired) electrons. The molecule has 0 saturated heterocycles. The lowest BCUT2D eigenvalue weighted by Gasteiger charge is -2.06. The number of rotatable bonds is 2. The average molecular weight is 231 g/mol. The minimum absolute atomic E-state index is 0.00470. The lowest BCUT2D eigenvalue weighted by molar-refractivity contribution is 0.387. The van der Waals surface area contributed by atoms with Gasteiger partial charge in [-0.15, -0.1) is 0 Å². The Hall–Kier alpha value is -0.740. The SMILES string of the molecule is CC(=S)Nc1ccc(P(=O)(O)O)cc1. The Morgan fingerprint density at radius 2 is 1.86 bits per heavy atom. The first-order chi connectivity index (χ1) is 6.39. The molecule has 0 aromatic heterocycles. The molecule has 1 aromatic rings. The van der Waals surface area contributed by atoms with Crippen molar-refractivity contribution in [1.82, 2.24) is 0 Å². The number of hydrogen-bond acceptors (Lipinski definition) is 2. The summed E-state index contributed by atoms with van der Waals surface area (Å²) in [6, 6.07) is 5.90. The maximum atomic E-state index is 10.8. The first kappa shape index (κ1) is 11.3. The van der Waals surface area contributed by atoms with Crippen molar-refractivity contribution in [1.29, 1.82) is 0 Å². The molecule has 3 N–H and O–H groups in total. The standard InChI is InChI=1S/C8H10NO3PS/c1-6(14)9-7-2-4-8(5-3-7)13(10,11)12/h2-5H,1H3,(H,9,14)(H2,10,11,12). The van der Waals surface area contributed by atoms with Gasteiger partial charge in [-0.2, -0.15) is 0 Å². The highest BCUT2D eigenvalue weighted by molar-refractivity contribution is 7.80. The van der Waals surface area contributed by atoms with Crippen molar-refractivity contribution in [3.05, 3.63) is 24.3 Å². The fraction of sp³-hybridized carbons (Fsp3) is 0.125. The van der Waals surface area contributed by atoms with E-state index in [4.69, 9.17) is 22.0 Å². The lowest BCUT2D eigenvalue weighted by atomic mass is 10.3. The summed E-state index contributed by atoms with van der Waals surface area (Å²) in [5.74, 6) is 0. The molecule has 0 atom stereocenters. The Morgan fingerprint density at radius 3 is 2.21 bits per heavy atom. The van der Waals surface area contributed by atoms with E-state index in [1.54, 1.807) is 19.1 Å². The predicted octanol–water partition coefficient (Wildman–Crippen LogP) is 1.25. The van der Waals surface area contributed by atoms with Gasteiger partial charge in [0.2, 0.25) is 0 Å². The maximum Gasteiger partial charge on any atom is 0.356 e. The Kier molecular flexibility index (Phi) is 3.39.